The molecule has 0 aromatic heterocycles. The van der Waals surface area contributed by atoms with Gasteiger partial charge in [-0.25, -0.2) is 0 Å². The second kappa shape index (κ2) is 11.5. The summed E-state index contributed by atoms with van der Waals surface area (Å²) in [7, 11) is -6.19. The molecular formula is C25H30F3NO5S. The number of carbonyl (C=O) groups excluding carboxylic acids is 2. The fourth-order valence-corrected chi connectivity index (χ4v) is 4.78. The van der Waals surface area contributed by atoms with Crippen molar-refractivity contribution in [2.75, 3.05) is 0 Å². The standard InChI is InChI=1S/C25H30F3NO5S/c1-2-3-4-5-6-7-8-9-10-11-13-18-16-17-21-22-19(18)14-12-15-20(22)23(30)29(24(21)31)34-35(32,33)25(26,27)28/h12,14-17H,2-11,13H2,1H3. The third-order valence-corrected chi connectivity index (χ3v) is 7.13. The van der Waals surface area contributed by atoms with Crippen LogP contribution in [0.5, 0.6) is 0 Å². The van der Waals surface area contributed by atoms with E-state index >= 15 is 0 Å². The molecule has 0 aliphatic carbocycles. The minimum atomic E-state index is -6.19. The van der Waals surface area contributed by atoms with Crippen molar-refractivity contribution in [3.8, 4) is 0 Å². The number of rotatable bonds is 13. The number of alkyl halides is 3. The topological polar surface area (TPSA) is 80.8 Å². The maximum Gasteiger partial charge on any atom is 0.525 e. The summed E-state index contributed by atoms with van der Waals surface area (Å²) in [5, 5.41) is 0.620. The van der Waals surface area contributed by atoms with Crippen molar-refractivity contribution in [3.63, 3.8) is 0 Å². The molecule has 1 heterocycles. The van der Waals surface area contributed by atoms with Gasteiger partial charge in [-0.3, -0.25) is 9.59 Å². The summed E-state index contributed by atoms with van der Waals surface area (Å²) in [4.78, 5) is 25.4. The highest BCUT2D eigenvalue weighted by Gasteiger charge is 2.51. The largest absolute Gasteiger partial charge is 0.525 e. The summed E-state index contributed by atoms with van der Waals surface area (Å²) < 4.78 is 64.9. The Morgan fingerprint density at radius 1 is 0.800 bits per heavy atom. The molecule has 35 heavy (non-hydrogen) atoms. The van der Waals surface area contributed by atoms with Gasteiger partial charge in [0.2, 0.25) is 0 Å². The molecule has 2 aromatic rings. The van der Waals surface area contributed by atoms with Crippen molar-refractivity contribution in [3.05, 3.63) is 47.0 Å². The zero-order valence-corrected chi connectivity index (χ0v) is 20.5. The molecule has 0 atom stereocenters. The van der Waals surface area contributed by atoms with Crippen molar-refractivity contribution >= 4 is 32.7 Å². The fourth-order valence-electron chi connectivity index (χ4n) is 4.36. The molecule has 0 bridgehead atoms. The van der Waals surface area contributed by atoms with E-state index in [4.69, 9.17) is 0 Å². The van der Waals surface area contributed by atoms with Gasteiger partial charge in [0.25, 0.3) is 11.8 Å². The number of carbonyl (C=O) groups is 2. The van der Waals surface area contributed by atoms with Gasteiger partial charge < -0.3 is 0 Å². The van der Waals surface area contributed by atoms with Crippen molar-refractivity contribution in [2.45, 2.75) is 83.1 Å². The molecule has 0 N–H and O–H groups in total. The van der Waals surface area contributed by atoms with Crippen LogP contribution in [0.4, 0.5) is 13.2 Å². The van der Waals surface area contributed by atoms with E-state index in [-0.39, 0.29) is 16.2 Å². The molecule has 0 spiro atoms. The second-order valence-electron chi connectivity index (χ2n) is 8.81. The molecule has 3 rings (SSSR count). The maximum atomic E-state index is 12.7. The van der Waals surface area contributed by atoms with Crippen molar-refractivity contribution in [1.82, 2.24) is 5.06 Å². The van der Waals surface area contributed by atoms with E-state index in [1.165, 1.54) is 57.1 Å². The van der Waals surface area contributed by atoms with Crippen LogP contribution in [0.1, 0.15) is 97.4 Å². The van der Waals surface area contributed by atoms with E-state index in [0.29, 0.717) is 10.8 Å². The summed E-state index contributed by atoms with van der Waals surface area (Å²) in [5.74, 6) is -2.51. The third-order valence-electron chi connectivity index (χ3n) is 6.22. The summed E-state index contributed by atoms with van der Waals surface area (Å²) in [6.45, 7) is 2.20. The number of aryl methyl sites for hydroxylation is 1. The van der Waals surface area contributed by atoms with E-state index in [0.717, 1.165) is 31.2 Å². The van der Waals surface area contributed by atoms with E-state index in [1.54, 1.807) is 18.2 Å². The van der Waals surface area contributed by atoms with E-state index in [1.807, 2.05) is 0 Å². The summed E-state index contributed by atoms with van der Waals surface area (Å²) in [6.07, 6.45) is 12.6. The summed E-state index contributed by atoms with van der Waals surface area (Å²) in [6, 6.07) is 7.73. The molecule has 1 aliphatic heterocycles. The molecule has 0 saturated carbocycles. The van der Waals surface area contributed by atoms with Crippen LogP contribution in [0.25, 0.3) is 10.8 Å². The predicted molar refractivity (Wildman–Crippen MR) is 126 cm³/mol. The minimum absolute atomic E-state index is 0.0839. The van der Waals surface area contributed by atoms with Crippen LogP contribution in [0, 0.1) is 0 Å². The third kappa shape index (κ3) is 6.22. The second-order valence-corrected chi connectivity index (χ2v) is 10.3. The van der Waals surface area contributed by atoms with Gasteiger partial charge in [-0.2, -0.15) is 21.6 Å². The first kappa shape index (κ1) is 27.1. The average Bonchev–Trinajstić information content (AvgIpc) is 2.81. The highest BCUT2D eigenvalue weighted by Crippen LogP contribution is 2.35. The number of benzene rings is 2. The quantitative estimate of drug-likeness (QED) is 0.170. The van der Waals surface area contributed by atoms with Gasteiger partial charge in [0.1, 0.15) is 0 Å². The number of amides is 2. The first-order valence-corrected chi connectivity index (χ1v) is 13.4. The number of nitrogens with zero attached hydrogens (tertiary/aromatic N) is 1. The zero-order valence-electron chi connectivity index (χ0n) is 19.7. The number of hydrogen-bond donors (Lipinski definition) is 0. The first-order valence-electron chi connectivity index (χ1n) is 12.0. The number of hydrogen-bond acceptors (Lipinski definition) is 5. The van der Waals surface area contributed by atoms with E-state index in [9.17, 15) is 31.2 Å². The van der Waals surface area contributed by atoms with Gasteiger partial charge >= 0.3 is 15.6 Å². The first-order chi connectivity index (χ1) is 16.6. The van der Waals surface area contributed by atoms with Crippen LogP contribution in [-0.4, -0.2) is 30.8 Å². The van der Waals surface area contributed by atoms with Crippen LogP contribution < -0.4 is 0 Å². The van der Waals surface area contributed by atoms with Crippen LogP contribution >= 0.6 is 0 Å². The van der Waals surface area contributed by atoms with Gasteiger partial charge in [0.05, 0.1) is 11.1 Å². The lowest BCUT2D eigenvalue weighted by atomic mass is 9.90. The lowest BCUT2D eigenvalue weighted by molar-refractivity contribution is -0.0761. The normalized spacial score (nSPS) is 14.2. The monoisotopic (exact) mass is 513 g/mol. The molecule has 10 heteroatoms. The smallest absolute Gasteiger partial charge is 0.266 e. The Morgan fingerprint density at radius 2 is 1.34 bits per heavy atom. The van der Waals surface area contributed by atoms with Crippen LogP contribution in [0.15, 0.2) is 30.3 Å². The molecule has 0 saturated heterocycles. The molecule has 192 valence electrons. The molecule has 0 fully saturated rings. The highest BCUT2D eigenvalue weighted by molar-refractivity contribution is 7.87. The van der Waals surface area contributed by atoms with Gasteiger partial charge in [0, 0.05) is 5.39 Å². The van der Waals surface area contributed by atoms with Crippen LogP contribution in [-0.2, 0) is 20.8 Å². The Kier molecular flexibility index (Phi) is 8.93. The molecule has 1 aliphatic rings. The molecule has 0 radical (unpaired) electrons. The minimum Gasteiger partial charge on any atom is -0.266 e. The summed E-state index contributed by atoms with van der Waals surface area (Å²) in [5.41, 5.74) is -5.03. The lowest BCUT2D eigenvalue weighted by Gasteiger charge is -2.26. The summed E-state index contributed by atoms with van der Waals surface area (Å²) >= 11 is 0. The van der Waals surface area contributed by atoms with Gasteiger partial charge in [-0.15, -0.1) is 9.35 Å². The molecule has 2 amide bonds. The van der Waals surface area contributed by atoms with Gasteiger partial charge in [-0.05, 0) is 35.9 Å². The Hall–Kier alpha value is -2.46. The maximum absolute atomic E-state index is 12.7. The fraction of sp³-hybridized carbons (Fsp3) is 0.520. The number of unbranched alkanes of at least 4 members (excludes halogenated alkanes) is 9. The Bertz CT molecular complexity index is 1160. The van der Waals surface area contributed by atoms with Gasteiger partial charge in [0.15, 0.2) is 0 Å². The molecule has 6 nitrogen and oxygen atoms in total. The van der Waals surface area contributed by atoms with E-state index in [2.05, 4.69) is 11.2 Å². The van der Waals surface area contributed by atoms with Crippen molar-refractivity contribution < 1.29 is 35.5 Å². The molecule has 2 aromatic carbocycles. The van der Waals surface area contributed by atoms with Crippen LogP contribution in [0.2, 0.25) is 0 Å². The predicted octanol–water partition coefficient (Wildman–Crippen LogP) is 6.68. The Balaban J connectivity index is 1.67. The highest BCUT2D eigenvalue weighted by atomic mass is 32.2. The van der Waals surface area contributed by atoms with Gasteiger partial charge in [-0.1, -0.05) is 82.9 Å². The van der Waals surface area contributed by atoms with Crippen LogP contribution in [0.3, 0.4) is 0 Å². The van der Waals surface area contributed by atoms with Crippen molar-refractivity contribution in [1.29, 1.82) is 0 Å². The number of hydroxylamine groups is 2. The SMILES string of the molecule is CCCCCCCCCCCCc1ccc2c3c(cccc13)C(=O)N(OS(=O)(=O)C(F)(F)F)C2=O. The Morgan fingerprint density at radius 3 is 1.91 bits per heavy atom. The Labute approximate surface area is 203 Å². The zero-order chi connectivity index (χ0) is 25.6. The number of imide groups is 1. The average molecular weight is 514 g/mol. The lowest BCUT2D eigenvalue weighted by Crippen LogP contribution is -2.44. The number of halogens is 3. The van der Waals surface area contributed by atoms with E-state index < -0.39 is 27.4 Å². The van der Waals surface area contributed by atoms with Crippen molar-refractivity contribution in [2.24, 2.45) is 0 Å². The molecule has 0 unspecified atom stereocenters. The molecular weight excluding hydrogens is 483 g/mol.